The zero-order valence-corrected chi connectivity index (χ0v) is 26.2. The second kappa shape index (κ2) is 15.8. The van der Waals surface area contributed by atoms with Crippen LogP contribution in [-0.2, 0) is 28.8 Å². The number of amides is 4. The molecule has 4 atom stereocenters. The minimum absolute atomic E-state index is 0.123. The van der Waals surface area contributed by atoms with E-state index in [1.165, 1.54) is 0 Å². The lowest BCUT2D eigenvalue weighted by Gasteiger charge is -2.34. The SMILES string of the molecule is CCCC(NC(=O)C1CC(C)(C)CN1C(=O)C(NC)C1CCCCC1)C(=O)C(=O)NCC(=O)NC(C(=O)O)c1ccccc1. The smallest absolute Gasteiger partial charge is 0.330 e. The molecule has 0 spiro atoms. The van der Waals surface area contributed by atoms with E-state index in [-0.39, 0.29) is 23.7 Å². The fourth-order valence-corrected chi connectivity index (χ4v) is 6.32. The maximum Gasteiger partial charge on any atom is 0.330 e. The molecule has 1 aromatic carbocycles. The van der Waals surface area contributed by atoms with Gasteiger partial charge in [-0.25, -0.2) is 4.79 Å². The molecule has 5 N–H and O–H groups in total. The Labute approximate surface area is 259 Å². The molecular formula is C32H47N5O7. The number of rotatable bonds is 14. The van der Waals surface area contributed by atoms with E-state index in [4.69, 9.17) is 0 Å². The molecule has 1 heterocycles. The van der Waals surface area contributed by atoms with E-state index >= 15 is 0 Å². The highest BCUT2D eigenvalue weighted by atomic mass is 16.4. The summed E-state index contributed by atoms with van der Waals surface area (Å²) in [5.74, 6) is -4.48. The Balaban J connectivity index is 1.64. The van der Waals surface area contributed by atoms with Crippen LogP contribution in [-0.4, -0.2) is 83.7 Å². The van der Waals surface area contributed by atoms with Crippen LogP contribution in [0, 0.1) is 11.3 Å². The third-order valence-electron chi connectivity index (χ3n) is 8.53. The van der Waals surface area contributed by atoms with Gasteiger partial charge in [0.1, 0.15) is 6.04 Å². The number of hydrogen-bond donors (Lipinski definition) is 5. The monoisotopic (exact) mass is 613 g/mol. The van der Waals surface area contributed by atoms with Gasteiger partial charge in [-0.05, 0) is 49.6 Å². The van der Waals surface area contributed by atoms with Gasteiger partial charge in [0.2, 0.25) is 23.5 Å². The van der Waals surface area contributed by atoms with Crippen molar-refractivity contribution >= 4 is 35.4 Å². The third-order valence-corrected chi connectivity index (χ3v) is 8.53. The number of carbonyl (C=O) groups excluding carboxylic acids is 5. The van der Waals surface area contributed by atoms with E-state index in [9.17, 15) is 33.9 Å². The summed E-state index contributed by atoms with van der Waals surface area (Å²) >= 11 is 0. The number of carbonyl (C=O) groups is 6. The van der Waals surface area contributed by atoms with Crippen molar-refractivity contribution in [2.45, 2.75) is 96.3 Å². The number of benzene rings is 1. The topological polar surface area (TPSA) is 174 Å². The van der Waals surface area contributed by atoms with Crippen LogP contribution in [0.1, 0.15) is 83.7 Å². The highest BCUT2D eigenvalue weighted by Gasteiger charge is 2.47. The Morgan fingerprint density at radius 1 is 1.00 bits per heavy atom. The number of nitrogens with zero attached hydrogens (tertiary/aromatic N) is 1. The molecule has 1 saturated carbocycles. The summed E-state index contributed by atoms with van der Waals surface area (Å²) in [6.45, 7) is 5.57. The molecular weight excluding hydrogens is 566 g/mol. The Hall–Kier alpha value is -3.80. The first-order valence-electron chi connectivity index (χ1n) is 15.6. The van der Waals surface area contributed by atoms with Gasteiger partial charge in [-0.2, -0.15) is 0 Å². The summed E-state index contributed by atoms with van der Waals surface area (Å²) in [5, 5.41) is 20.0. The first kappa shape index (κ1) is 34.7. The lowest BCUT2D eigenvalue weighted by atomic mass is 9.83. The zero-order valence-electron chi connectivity index (χ0n) is 26.2. The maximum atomic E-state index is 13.8. The lowest BCUT2D eigenvalue weighted by molar-refractivity contribution is -0.144. The number of likely N-dealkylation sites (N-methyl/N-ethyl adjacent to an activating group) is 1. The molecule has 12 heteroatoms. The van der Waals surface area contributed by atoms with Crippen molar-refractivity contribution in [3.05, 3.63) is 35.9 Å². The van der Waals surface area contributed by atoms with Gasteiger partial charge in [-0.3, -0.25) is 24.0 Å². The van der Waals surface area contributed by atoms with Gasteiger partial charge in [-0.15, -0.1) is 0 Å². The molecule has 4 amide bonds. The highest BCUT2D eigenvalue weighted by molar-refractivity contribution is 6.38. The van der Waals surface area contributed by atoms with Crippen LogP contribution in [0.25, 0.3) is 0 Å². The van der Waals surface area contributed by atoms with Crippen LogP contribution in [0.4, 0.5) is 0 Å². The molecule has 1 saturated heterocycles. The number of hydrogen-bond acceptors (Lipinski definition) is 7. The summed E-state index contributed by atoms with van der Waals surface area (Å²) in [4.78, 5) is 79.0. The number of carboxylic acids is 1. The van der Waals surface area contributed by atoms with Crippen molar-refractivity contribution in [1.82, 2.24) is 26.2 Å². The minimum atomic E-state index is -1.33. The minimum Gasteiger partial charge on any atom is -0.479 e. The third kappa shape index (κ3) is 9.10. The lowest BCUT2D eigenvalue weighted by Crippen LogP contribution is -2.57. The van der Waals surface area contributed by atoms with Crippen molar-refractivity contribution in [2.24, 2.45) is 11.3 Å². The summed E-state index contributed by atoms with van der Waals surface area (Å²) in [6, 6.07) is 4.42. The van der Waals surface area contributed by atoms with Gasteiger partial charge in [0.05, 0.1) is 18.6 Å². The van der Waals surface area contributed by atoms with Crippen molar-refractivity contribution in [3.8, 4) is 0 Å². The second-order valence-corrected chi connectivity index (χ2v) is 12.7. The Morgan fingerprint density at radius 2 is 1.66 bits per heavy atom. The summed E-state index contributed by atoms with van der Waals surface area (Å²) in [5.41, 5.74) is 0.0364. The van der Waals surface area contributed by atoms with Crippen molar-refractivity contribution in [2.75, 3.05) is 20.1 Å². The highest BCUT2D eigenvalue weighted by Crippen LogP contribution is 2.36. The number of nitrogens with one attached hydrogen (secondary N) is 4. The van der Waals surface area contributed by atoms with Crippen LogP contribution in [0.5, 0.6) is 0 Å². The van der Waals surface area contributed by atoms with E-state index < -0.39 is 60.2 Å². The molecule has 1 aliphatic heterocycles. The van der Waals surface area contributed by atoms with Gasteiger partial charge in [0.15, 0.2) is 6.04 Å². The van der Waals surface area contributed by atoms with Crippen LogP contribution < -0.4 is 21.3 Å². The first-order chi connectivity index (χ1) is 20.9. The van der Waals surface area contributed by atoms with Crippen LogP contribution >= 0.6 is 0 Å². The van der Waals surface area contributed by atoms with E-state index in [1.807, 2.05) is 20.8 Å². The largest absolute Gasteiger partial charge is 0.479 e. The van der Waals surface area contributed by atoms with E-state index in [0.717, 1.165) is 32.1 Å². The van der Waals surface area contributed by atoms with Gasteiger partial charge in [0.25, 0.3) is 5.91 Å². The average Bonchev–Trinajstić information content (AvgIpc) is 3.34. The number of ketones is 1. The van der Waals surface area contributed by atoms with Crippen LogP contribution in [0.15, 0.2) is 30.3 Å². The standard InChI is InChI=1S/C32H47N5O7/c1-5-12-22(27(39)29(41)34-18-24(38)36-26(31(43)44)21-15-10-7-11-16-21)35-28(40)23-17-32(2,3)19-37(23)30(42)25(33-4)20-13-8-6-9-14-20/h7,10-11,15-16,20,22-23,25-26,33H,5-6,8-9,12-14,17-19H2,1-4H3,(H,34,41)(H,35,40)(H,36,38)(H,43,44). The van der Waals surface area contributed by atoms with Crippen LogP contribution in [0.3, 0.4) is 0 Å². The number of aliphatic carboxylic acids is 1. The fraction of sp³-hybridized carbons (Fsp3) is 0.625. The molecule has 0 aromatic heterocycles. The maximum absolute atomic E-state index is 13.8. The van der Waals surface area contributed by atoms with Gasteiger partial charge < -0.3 is 31.3 Å². The predicted octanol–water partition coefficient (Wildman–Crippen LogP) is 1.69. The van der Waals surface area contributed by atoms with E-state index in [0.29, 0.717) is 24.9 Å². The molecule has 1 aromatic rings. The second-order valence-electron chi connectivity index (χ2n) is 12.7. The normalized spacial score (nSPS) is 20.2. The fourth-order valence-electron chi connectivity index (χ4n) is 6.32. The number of carboxylic acid groups (broad SMARTS) is 1. The first-order valence-corrected chi connectivity index (χ1v) is 15.6. The molecule has 2 aliphatic rings. The molecule has 2 fully saturated rings. The summed E-state index contributed by atoms with van der Waals surface area (Å²) < 4.78 is 0. The average molecular weight is 614 g/mol. The number of Topliss-reactive ketones (excluding diaryl/α,β-unsaturated/α-hetero) is 1. The Morgan fingerprint density at radius 3 is 2.25 bits per heavy atom. The zero-order chi connectivity index (χ0) is 32.4. The molecule has 44 heavy (non-hydrogen) atoms. The summed E-state index contributed by atoms with van der Waals surface area (Å²) in [6.07, 6.45) is 6.30. The van der Waals surface area contributed by atoms with Crippen molar-refractivity contribution < 1.29 is 33.9 Å². The predicted molar refractivity (Wildman–Crippen MR) is 163 cm³/mol. The molecule has 3 rings (SSSR count). The van der Waals surface area contributed by atoms with Gasteiger partial charge in [0, 0.05) is 6.54 Å². The molecule has 0 radical (unpaired) electrons. The molecule has 12 nitrogen and oxygen atoms in total. The van der Waals surface area contributed by atoms with E-state index in [1.54, 1.807) is 42.3 Å². The Bertz CT molecular complexity index is 1200. The van der Waals surface area contributed by atoms with Gasteiger partial charge in [-0.1, -0.05) is 76.8 Å². The number of likely N-dealkylation sites (tertiary alicyclic amines) is 1. The molecule has 0 bridgehead atoms. The molecule has 242 valence electrons. The summed E-state index contributed by atoms with van der Waals surface area (Å²) in [7, 11) is 1.77. The quantitative estimate of drug-likeness (QED) is 0.197. The van der Waals surface area contributed by atoms with E-state index in [2.05, 4.69) is 21.3 Å². The molecule has 1 aliphatic carbocycles. The van der Waals surface area contributed by atoms with Gasteiger partial charge >= 0.3 is 5.97 Å². The Kier molecular flexibility index (Phi) is 12.4. The van der Waals surface area contributed by atoms with Crippen molar-refractivity contribution in [1.29, 1.82) is 0 Å². The van der Waals surface area contributed by atoms with Crippen molar-refractivity contribution in [3.63, 3.8) is 0 Å². The van der Waals surface area contributed by atoms with Crippen LogP contribution in [0.2, 0.25) is 0 Å². The molecule has 4 unspecified atom stereocenters.